The Morgan fingerprint density at radius 1 is 0.833 bits per heavy atom. The van der Waals surface area contributed by atoms with Gasteiger partial charge in [-0.25, -0.2) is 4.98 Å². The minimum atomic E-state index is -0.773. The van der Waals surface area contributed by atoms with E-state index < -0.39 is 11.6 Å². The third kappa shape index (κ3) is 2.88. The van der Waals surface area contributed by atoms with Crippen LogP contribution in [-0.4, -0.2) is 26.5 Å². The van der Waals surface area contributed by atoms with Gasteiger partial charge in [0.05, 0.1) is 24.5 Å². The topological polar surface area (TPSA) is 55.1 Å². The lowest BCUT2D eigenvalue weighted by molar-refractivity contribution is 0.0931. The molecule has 4 aromatic rings. The van der Waals surface area contributed by atoms with Crippen molar-refractivity contribution >= 4 is 5.78 Å². The fraction of sp³-hybridized carbons (Fsp3) is 0.154. The van der Waals surface area contributed by atoms with E-state index in [-0.39, 0.29) is 11.7 Å². The first kappa shape index (κ1) is 18.5. The summed E-state index contributed by atoms with van der Waals surface area (Å²) in [5, 5.41) is 9.89. The highest BCUT2D eigenvalue weighted by molar-refractivity contribution is 5.98. The summed E-state index contributed by atoms with van der Waals surface area (Å²) in [6, 6.07) is 30.6. The molecule has 3 aromatic carbocycles. The zero-order valence-corrected chi connectivity index (χ0v) is 16.4. The number of hydrogen-bond donors (Lipinski definition) is 1. The number of aliphatic hydroxyl groups is 1. The lowest BCUT2D eigenvalue weighted by Crippen LogP contribution is -2.39. The van der Waals surface area contributed by atoms with E-state index in [1.807, 2.05) is 59.2 Å². The second-order valence-corrected chi connectivity index (χ2v) is 7.73. The Bertz CT molecular complexity index is 1060. The number of carbonyl (C=O) groups is 1. The van der Waals surface area contributed by atoms with E-state index in [9.17, 15) is 9.90 Å². The molecule has 0 saturated heterocycles. The van der Waals surface area contributed by atoms with E-state index in [1.54, 1.807) is 12.5 Å². The molecule has 1 saturated carbocycles. The summed E-state index contributed by atoms with van der Waals surface area (Å²) in [7, 11) is 0. The first-order chi connectivity index (χ1) is 14.7. The van der Waals surface area contributed by atoms with E-state index in [4.69, 9.17) is 0 Å². The summed E-state index contributed by atoms with van der Waals surface area (Å²) in [6.45, 7) is 0. The van der Waals surface area contributed by atoms with Gasteiger partial charge in [-0.2, -0.15) is 0 Å². The molecule has 4 heteroatoms. The molecule has 1 aliphatic rings. The van der Waals surface area contributed by atoms with Crippen LogP contribution in [0, 0.1) is 5.92 Å². The molecule has 2 atom stereocenters. The van der Waals surface area contributed by atoms with E-state index in [0.717, 1.165) is 16.7 Å². The van der Waals surface area contributed by atoms with Crippen molar-refractivity contribution in [1.29, 1.82) is 0 Å². The molecule has 0 aliphatic heterocycles. The van der Waals surface area contributed by atoms with Crippen molar-refractivity contribution in [2.24, 2.45) is 5.92 Å². The number of rotatable bonds is 6. The van der Waals surface area contributed by atoms with Crippen LogP contribution in [-0.2, 0) is 5.54 Å². The SMILES string of the molecule is O=C(c1cncn1C(c1ccccc1)(c1ccccc1)c1ccccc1)[C@H]1C[C@H]1O. The Hall–Kier alpha value is -3.50. The normalized spacial score (nSPS) is 18.2. The Kier molecular flexibility index (Phi) is 4.57. The van der Waals surface area contributed by atoms with Crippen LogP contribution >= 0.6 is 0 Å². The van der Waals surface area contributed by atoms with Crippen LogP contribution in [0.25, 0.3) is 0 Å². The summed E-state index contributed by atoms with van der Waals surface area (Å²) >= 11 is 0. The summed E-state index contributed by atoms with van der Waals surface area (Å²) in [5.74, 6) is -0.410. The zero-order chi connectivity index (χ0) is 20.6. The summed E-state index contributed by atoms with van der Waals surface area (Å²) in [5.41, 5.74) is 2.83. The lowest BCUT2D eigenvalue weighted by Gasteiger charge is -2.38. The van der Waals surface area contributed by atoms with Crippen LogP contribution in [0.15, 0.2) is 104 Å². The average Bonchev–Trinajstić information content (AvgIpc) is 3.34. The highest BCUT2D eigenvalue weighted by Crippen LogP contribution is 2.43. The molecule has 5 rings (SSSR count). The maximum atomic E-state index is 13.2. The summed E-state index contributed by atoms with van der Waals surface area (Å²) in [6.07, 6.45) is 3.31. The molecular formula is C26H22N2O2. The summed E-state index contributed by atoms with van der Waals surface area (Å²) in [4.78, 5) is 17.6. The minimum Gasteiger partial charge on any atom is -0.392 e. The number of nitrogens with zero attached hydrogens (tertiary/aromatic N) is 2. The lowest BCUT2D eigenvalue weighted by atomic mass is 9.76. The second-order valence-electron chi connectivity index (χ2n) is 7.73. The molecule has 0 bridgehead atoms. The van der Waals surface area contributed by atoms with Crippen LogP contribution in [0.4, 0.5) is 0 Å². The maximum absolute atomic E-state index is 13.2. The van der Waals surface area contributed by atoms with E-state index >= 15 is 0 Å². The smallest absolute Gasteiger partial charge is 0.186 e. The highest BCUT2D eigenvalue weighted by Gasteiger charge is 2.46. The fourth-order valence-electron chi connectivity index (χ4n) is 4.35. The van der Waals surface area contributed by atoms with E-state index in [1.165, 1.54) is 0 Å². The number of hydrogen-bond acceptors (Lipinski definition) is 3. The van der Waals surface area contributed by atoms with Crippen molar-refractivity contribution in [3.8, 4) is 0 Å². The van der Waals surface area contributed by atoms with Crippen LogP contribution < -0.4 is 0 Å². The van der Waals surface area contributed by atoms with Gasteiger partial charge in [0.25, 0.3) is 0 Å². The van der Waals surface area contributed by atoms with Crippen molar-refractivity contribution in [3.63, 3.8) is 0 Å². The molecule has 1 heterocycles. The van der Waals surface area contributed by atoms with Gasteiger partial charge in [0, 0.05) is 0 Å². The number of benzene rings is 3. The summed E-state index contributed by atoms with van der Waals surface area (Å²) < 4.78 is 1.97. The van der Waals surface area contributed by atoms with Gasteiger partial charge >= 0.3 is 0 Å². The molecule has 0 unspecified atom stereocenters. The Morgan fingerprint density at radius 3 is 1.67 bits per heavy atom. The monoisotopic (exact) mass is 394 g/mol. The third-order valence-corrected chi connectivity index (χ3v) is 5.92. The second kappa shape index (κ2) is 7.39. The molecular weight excluding hydrogens is 372 g/mol. The largest absolute Gasteiger partial charge is 0.392 e. The first-order valence-corrected chi connectivity index (χ1v) is 10.1. The number of carbonyl (C=O) groups excluding carboxylic acids is 1. The fourth-order valence-corrected chi connectivity index (χ4v) is 4.35. The molecule has 0 radical (unpaired) electrons. The van der Waals surface area contributed by atoms with Crippen LogP contribution in [0.2, 0.25) is 0 Å². The third-order valence-electron chi connectivity index (χ3n) is 5.92. The van der Waals surface area contributed by atoms with Crippen LogP contribution in [0.1, 0.15) is 33.6 Å². The van der Waals surface area contributed by atoms with Crippen molar-refractivity contribution in [3.05, 3.63) is 126 Å². The van der Waals surface area contributed by atoms with Crippen LogP contribution in [0.3, 0.4) is 0 Å². The number of ketones is 1. The van der Waals surface area contributed by atoms with Crippen molar-refractivity contribution in [1.82, 2.24) is 9.55 Å². The van der Waals surface area contributed by atoms with Crippen LogP contribution in [0.5, 0.6) is 0 Å². The molecule has 1 aromatic heterocycles. The van der Waals surface area contributed by atoms with Gasteiger partial charge in [-0.1, -0.05) is 91.0 Å². The van der Waals surface area contributed by atoms with Gasteiger partial charge in [-0.3, -0.25) is 4.79 Å². The molecule has 1 aliphatic carbocycles. The first-order valence-electron chi connectivity index (χ1n) is 10.1. The standard InChI is InChI=1S/C26H22N2O2/c29-24-16-22(24)25(30)23-17-27-18-28(23)26(19-10-4-1-5-11-19,20-12-6-2-7-13-20)21-14-8-3-9-15-21/h1-15,17-18,22,24,29H,16H2/t22-,24+/m0/s1. The number of aromatic nitrogens is 2. The minimum absolute atomic E-state index is 0.0628. The van der Waals surface area contributed by atoms with Gasteiger partial charge in [0.2, 0.25) is 0 Å². The highest BCUT2D eigenvalue weighted by atomic mass is 16.3. The van der Waals surface area contributed by atoms with Gasteiger partial charge in [-0.05, 0) is 23.1 Å². The van der Waals surface area contributed by atoms with Gasteiger partial charge in [0.15, 0.2) is 5.78 Å². The molecule has 1 N–H and O–H groups in total. The quantitative estimate of drug-likeness (QED) is 0.392. The Morgan fingerprint density at radius 2 is 1.27 bits per heavy atom. The molecule has 30 heavy (non-hydrogen) atoms. The van der Waals surface area contributed by atoms with Crippen molar-refractivity contribution < 1.29 is 9.90 Å². The number of imidazole rings is 1. The molecule has 4 nitrogen and oxygen atoms in total. The average molecular weight is 394 g/mol. The zero-order valence-electron chi connectivity index (χ0n) is 16.4. The number of Topliss-reactive ketones (excluding diaryl/α,β-unsaturated/α-hetero) is 1. The Balaban J connectivity index is 1.85. The maximum Gasteiger partial charge on any atom is 0.186 e. The number of aliphatic hydroxyl groups excluding tert-OH is 1. The van der Waals surface area contributed by atoms with Gasteiger partial charge in [0.1, 0.15) is 11.2 Å². The Labute approximate surface area is 175 Å². The molecule has 0 amide bonds. The van der Waals surface area contributed by atoms with E-state index in [0.29, 0.717) is 12.1 Å². The van der Waals surface area contributed by atoms with E-state index in [2.05, 4.69) is 41.4 Å². The molecule has 148 valence electrons. The van der Waals surface area contributed by atoms with Gasteiger partial charge < -0.3 is 9.67 Å². The van der Waals surface area contributed by atoms with Crippen molar-refractivity contribution in [2.45, 2.75) is 18.1 Å². The molecule has 1 fully saturated rings. The predicted octanol–water partition coefficient (Wildman–Crippen LogP) is 4.29. The van der Waals surface area contributed by atoms with Gasteiger partial charge in [-0.15, -0.1) is 0 Å². The van der Waals surface area contributed by atoms with Crippen molar-refractivity contribution in [2.75, 3.05) is 0 Å². The predicted molar refractivity (Wildman–Crippen MR) is 115 cm³/mol. The molecule has 0 spiro atoms.